The van der Waals surface area contributed by atoms with Crippen molar-refractivity contribution in [2.75, 3.05) is 7.11 Å². The molecule has 1 amide bonds. The van der Waals surface area contributed by atoms with Crippen molar-refractivity contribution in [3.63, 3.8) is 0 Å². The predicted molar refractivity (Wildman–Crippen MR) is 124 cm³/mol. The van der Waals surface area contributed by atoms with Crippen molar-refractivity contribution in [1.29, 1.82) is 0 Å². The highest BCUT2D eigenvalue weighted by Crippen LogP contribution is 2.32. The van der Waals surface area contributed by atoms with E-state index in [1.54, 1.807) is 18.2 Å². The van der Waals surface area contributed by atoms with E-state index in [0.29, 0.717) is 11.7 Å². The number of fused-ring (bicyclic) bond motifs is 1. The molecule has 6 heteroatoms. The third kappa shape index (κ3) is 4.24. The fraction of sp³-hybridized carbons (Fsp3) is 0.208. The third-order valence-electron chi connectivity index (χ3n) is 5.07. The van der Waals surface area contributed by atoms with Crippen molar-refractivity contribution in [2.45, 2.75) is 25.1 Å². The molecular weight excluding hydrogens is 394 g/mol. The van der Waals surface area contributed by atoms with Gasteiger partial charge in [0, 0.05) is 0 Å². The average molecular weight is 418 g/mol. The van der Waals surface area contributed by atoms with Gasteiger partial charge in [-0.2, -0.15) is 5.10 Å². The van der Waals surface area contributed by atoms with Crippen molar-refractivity contribution in [1.82, 2.24) is 4.90 Å². The zero-order valence-corrected chi connectivity index (χ0v) is 17.8. The van der Waals surface area contributed by atoms with Crippen LogP contribution in [0.1, 0.15) is 24.5 Å². The molecule has 0 radical (unpaired) electrons. The van der Waals surface area contributed by atoms with Crippen LogP contribution in [-0.2, 0) is 11.3 Å². The van der Waals surface area contributed by atoms with Gasteiger partial charge in [-0.25, -0.2) is 0 Å². The van der Waals surface area contributed by atoms with Crippen LogP contribution in [-0.4, -0.2) is 34.5 Å². The molecule has 3 aromatic rings. The molecule has 30 heavy (non-hydrogen) atoms. The third-order valence-corrected chi connectivity index (χ3v) is 6.40. The molecule has 0 unspecified atom stereocenters. The molecule has 0 spiro atoms. The Morgan fingerprint density at radius 2 is 1.83 bits per heavy atom. The second kappa shape index (κ2) is 9.13. The van der Waals surface area contributed by atoms with Gasteiger partial charge in [0.25, 0.3) is 0 Å². The molecule has 5 nitrogen and oxygen atoms in total. The van der Waals surface area contributed by atoms with Gasteiger partial charge in [-0.1, -0.05) is 61.2 Å². The molecule has 1 fully saturated rings. The lowest BCUT2D eigenvalue weighted by atomic mass is 10.0. The van der Waals surface area contributed by atoms with Gasteiger partial charge in [-0.15, -0.1) is 5.10 Å². The maximum Gasteiger partial charge on any atom is 0.242 e. The Kier molecular flexibility index (Phi) is 6.14. The largest absolute Gasteiger partial charge is 0.497 e. The second-order valence-corrected chi connectivity index (χ2v) is 8.15. The lowest BCUT2D eigenvalue weighted by Gasteiger charge is -2.17. The highest BCUT2D eigenvalue weighted by atomic mass is 32.2. The summed E-state index contributed by atoms with van der Waals surface area (Å²) < 4.78 is 5.17. The molecular formula is C24H23N3O2S. The number of carbonyl (C=O) groups is 1. The Bertz CT molecular complexity index is 1100. The fourth-order valence-electron chi connectivity index (χ4n) is 3.43. The molecule has 4 rings (SSSR count). The molecule has 152 valence electrons. The summed E-state index contributed by atoms with van der Waals surface area (Å²) in [5.41, 5.74) is 2.02. The van der Waals surface area contributed by atoms with Gasteiger partial charge < -0.3 is 4.74 Å². The van der Waals surface area contributed by atoms with Crippen LogP contribution in [0.25, 0.3) is 10.8 Å². The smallest absolute Gasteiger partial charge is 0.242 e. The monoisotopic (exact) mass is 417 g/mol. The number of benzene rings is 3. The zero-order valence-electron chi connectivity index (χ0n) is 17.0. The summed E-state index contributed by atoms with van der Waals surface area (Å²) >= 11 is 1.49. The number of nitrogens with zero attached hydrogens (tertiary/aromatic N) is 3. The molecule has 1 aliphatic rings. The van der Waals surface area contributed by atoms with Crippen LogP contribution in [0.15, 0.2) is 76.9 Å². The predicted octanol–water partition coefficient (Wildman–Crippen LogP) is 5.09. The van der Waals surface area contributed by atoms with Gasteiger partial charge in [0.2, 0.25) is 5.91 Å². The summed E-state index contributed by atoms with van der Waals surface area (Å²) in [5, 5.41) is 11.5. The summed E-state index contributed by atoms with van der Waals surface area (Å²) in [5.74, 6) is 0.885. The number of amidine groups is 1. The fourth-order valence-corrected chi connectivity index (χ4v) is 4.45. The van der Waals surface area contributed by atoms with E-state index in [1.807, 2.05) is 49.4 Å². The number of hydrogen-bond acceptors (Lipinski definition) is 5. The maximum atomic E-state index is 12.9. The molecule has 0 aromatic heterocycles. The Balaban J connectivity index is 1.59. The van der Waals surface area contributed by atoms with Crippen LogP contribution in [0.4, 0.5) is 0 Å². The Morgan fingerprint density at radius 3 is 2.60 bits per heavy atom. The Labute approximate surface area is 180 Å². The van der Waals surface area contributed by atoms with Gasteiger partial charge in [0.1, 0.15) is 5.75 Å². The highest BCUT2D eigenvalue weighted by Gasteiger charge is 2.37. The molecule has 1 aliphatic heterocycles. The van der Waals surface area contributed by atoms with Crippen molar-refractivity contribution >= 4 is 39.8 Å². The van der Waals surface area contributed by atoms with Crippen LogP contribution < -0.4 is 4.74 Å². The highest BCUT2D eigenvalue weighted by molar-refractivity contribution is 8.15. The van der Waals surface area contributed by atoms with Crippen molar-refractivity contribution < 1.29 is 9.53 Å². The summed E-state index contributed by atoms with van der Waals surface area (Å²) in [6, 6.07) is 22.0. The van der Waals surface area contributed by atoms with Crippen molar-refractivity contribution in [3.05, 3.63) is 77.9 Å². The van der Waals surface area contributed by atoms with Gasteiger partial charge in [0.05, 0.1) is 25.1 Å². The minimum atomic E-state index is -0.116. The number of thioether (sulfide) groups is 1. The quantitative estimate of drug-likeness (QED) is 0.415. The Morgan fingerprint density at radius 1 is 1.07 bits per heavy atom. The lowest BCUT2D eigenvalue weighted by Crippen LogP contribution is -2.31. The number of carbonyl (C=O) groups excluding carboxylic acids is 1. The molecule has 0 aliphatic carbocycles. The van der Waals surface area contributed by atoms with Crippen LogP contribution >= 0.6 is 11.8 Å². The van der Waals surface area contributed by atoms with Gasteiger partial charge >= 0.3 is 0 Å². The van der Waals surface area contributed by atoms with E-state index >= 15 is 0 Å². The van der Waals surface area contributed by atoms with Crippen LogP contribution in [0.3, 0.4) is 0 Å². The summed E-state index contributed by atoms with van der Waals surface area (Å²) in [6.45, 7) is 2.51. The number of methoxy groups -OCH3 is 1. The Hall–Kier alpha value is -3.12. The first-order chi connectivity index (χ1) is 14.7. The number of amides is 1. The molecule has 0 bridgehead atoms. The van der Waals surface area contributed by atoms with E-state index in [0.717, 1.165) is 34.1 Å². The lowest BCUT2D eigenvalue weighted by molar-refractivity contribution is -0.126. The van der Waals surface area contributed by atoms with Gasteiger partial charge in [-0.3, -0.25) is 9.69 Å². The molecule has 3 aromatic carbocycles. The number of rotatable bonds is 6. The van der Waals surface area contributed by atoms with Gasteiger partial charge in [0.15, 0.2) is 5.17 Å². The average Bonchev–Trinajstić information content (AvgIpc) is 3.09. The number of hydrogen-bond donors (Lipinski definition) is 0. The minimum absolute atomic E-state index is 0.0915. The van der Waals surface area contributed by atoms with E-state index in [1.165, 1.54) is 11.8 Å². The van der Waals surface area contributed by atoms with E-state index < -0.39 is 0 Å². The van der Waals surface area contributed by atoms with Crippen LogP contribution in [0.5, 0.6) is 5.75 Å². The van der Waals surface area contributed by atoms with Crippen molar-refractivity contribution in [2.24, 2.45) is 10.2 Å². The molecule has 0 saturated carbocycles. The van der Waals surface area contributed by atoms with E-state index in [9.17, 15) is 4.79 Å². The zero-order chi connectivity index (χ0) is 20.9. The van der Waals surface area contributed by atoms with E-state index in [-0.39, 0.29) is 11.2 Å². The standard InChI is InChI=1S/C24H23N3O2S/c1-3-22-23(28)27(16-19-9-6-8-18-7-4-5-10-21(18)19)24(30-22)26-25-15-17-11-13-20(29-2)14-12-17/h4-15,22H,3,16H2,1-2H3/b25-15-,26-24-/t22-/m1/s1. The van der Waals surface area contributed by atoms with Crippen molar-refractivity contribution in [3.8, 4) is 5.75 Å². The molecule has 0 N–H and O–H groups in total. The first kappa shape index (κ1) is 20.2. The normalized spacial score (nSPS) is 18.1. The second-order valence-electron chi connectivity index (χ2n) is 6.98. The minimum Gasteiger partial charge on any atom is -0.497 e. The molecule has 1 saturated heterocycles. The van der Waals surface area contributed by atoms with E-state index in [2.05, 4.69) is 34.5 Å². The topological polar surface area (TPSA) is 54.3 Å². The maximum absolute atomic E-state index is 12.9. The molecule has 1 atom stereocenters. The molecule has 1 heterocycles. The first-order valence-corrected chi connectivity index (χ1v) is 10.8. The number of ether oxygens (including phenoxy) is 1. The SMILES string of the molecule is CC[C@H]1S/C(=N\N=C/c2ccc(OC)cc2)N(Cc2cccc3ccccc23)C1=O. The summed E-state index contributed by atoms with van der Waals surface area (Å²) in [6.07, 6.45) is 2.45. The van der Waals surface area contributed by atoms with Crippen LogP contribution in [0, 0.1) is 0 Å². The summed E-state index contributed by atoms with van der Waals surface area (Å²) in [4.78, 5) is 14.7. The summed E-state index contributed by atoms with van der Waals surface area (Å²) in [7, 11) is 1.64. The first-order valence-electron chi connectivity index (χ1n) is 9.89. The van der Waals surface area contributed by atoms with Gasteiger partial charge in [-0.05, 0) is 52.6 Å². The van der Waals surface area contributed by atoms with E-state index in [4.69, 9.17) is 4.74 Å². The van der Waals surface area contributed by atoms with Crippen LogP contribution in [0.2, 0.25) is 0 Å².